The second kappa shape index (κ2) is 5.47. The zero-order valence-electron chi connectivity index (χ0n) is 10.5. The molecular weight excluding hydrogens is 296 g/mol. The zero-order valence-corrected chi connectivity index (χ0v) is 12.1. The summed E-state index contributed by atoms with van der Waals surface area (Å²) in [5.41, 5.74) is 6.97. The molecule has 18 heavy (non-hydrogen) atoms. The Balaban J connectivity index is 2.08. The molecular formula is C13H19BrN2O2. The van der Waals surface area contributed by atoms with Crippen molar-refractivity contribution in [3.05, 3.63) is 22.7 Å². The lowest BCUT2D eigenvalue weighted by Crippen LogP contribution is -2.45. The predicted octanol–water partition coefficient (Wildman–Crippen LogP) is 2.01. The van der Waals surface area contributed by atoms with Gasteiger partial charge in [-0.05, 0) is 18.2 Å². The van der Waals surface area contributed by atoms with Gasteiger partial charge in [0.1, 0.15) is 0 Å². The molecule has 0 unspecified atom stereocenters. The number of nitrogens with zero attached hydrogens (tertiary/aromatic N) is 1. The molecule has 1 aromatic rings. The van der Waals surface area contributed by atoms with E-state index < -0.39 is 5.60 Å². The molecule has 1 aliphatic rings. The van der Waals surface area contributed by atoms with E-state index in [2.05, 4.69) is 15.9 Å². The van der Waals surface area contributed by atoms with Gasteiger partial charge in [0.05, 0.1) is 17.0 Å². The lowest BCUT2D eigenvalue weighted by atomic mass is 9.93. The summed E-state index contributed by atoms with van der Waals surface area (Å²) >= 11 is 3.39. The fraction of sp³-hybridized carbons (Fsp3) is 0.538. The number of aliphatic hydroxyl groups is 1. The van der Waals surface area contributed by atoms with Gasteiger partial charge in [-0.1, -0.05) is 15.9 Å². The molecule has 0 saturated carbocycles. The molecule has 3 N–H and O–H groups in total. The van der Waals surface area contributed by atoms with Crippen LogP contribution in [0, 0.1) is 0 Å². The SMILES string of the molecule is CN(CC1(O)CCOCC1)c1ccc(Br)cc1N. The van der Waals surface area contributed by atoms with Gasteiger partial charge in [0, 0.05) is 44.1 Å². The Labute approximate surface area is 116 Å². The van der Waals surface area contributed by atoms with Crippen molar-refractivity contribution < 1.29 is 9.84 Å². The number of anilines is 2. The van der Waals surface area contributed by atoms with E-state index in [9.17, 15) is 5.11 Å². The number of benzene rings is 1. The summed E-state index contributed by atoms with van der Waals surface area (Å²) in [6.45, 7) is 1.82. The Morgan fingerprint density at radius 1 is 1.44 bits per heavy atom. The Bertz CT molecular complexity index is 419. The lowest BCUT2D eigenvalue weighted by molar-refractivity contribution is -0.0572. The minimum absolute atomic E-state index is 0.572. The Morgan fingerprint density at radius 3 is 2.72 bits per heavy atom. The summed E-state index contributed by atoms with van der Waals surface area (Å²) in [5.74, 6) is 0. The topological polar surface area (TPSA) is 58.7 Å². The van der Waals surface area contributed by atoms with Crippen LogP contribution in [-0.2, 0) is 4.74 Å². The number of nitrogens with two attached hydrogens (primary N) is 1. The molecule has 0 amide bonds. The van der Waals surface area contributed by atoms with Gasteiger partial charge in [-0.3, -0.25) is 0 Å². The predicted molar refractivity (Wildman–Crippen MR) is 76.8 cm³/mol. The number of halogens is 1. The number of ether oxygens (including phenoxy) is 1. The number of nitrogen functional groups attached to an aromatic ring is 1. The Morgan fingerprint density at radius 2 is 2.11 bits per heavy atom. The van der Waals surface area contributed by atoms with Crippen molar-refractivity contribution in [2.24, 2.45) is 0 Å². The molecule has 1 heterocycles. The van der Waals surface area contributed by atoms with Crippen molar-refractivity contribution in [1.82, 2.24) is 0 Å². The molecule has 1 aliphatic heterocycles. The largest absolute Gasteiger partial charge is 0.397 e. The smallest absolute Gasteiger partial charge is 0.0865 e. The number of likely N-dealkylation sites (N-methyl/N-ethyl adjacent to an activating group) is 1. The second-order valence-corrected chi connectivity index (χ2v) is 5.81. The van der Waals surface area contributed by atoms with E-state index >= 15 is 0 Å². The minimum Gasteiger partial charge on any atom is -0.397 e. The molecule has 0 aromatic heterocycles. The molecule has 1 saturated heterocycles. The van der Waals surface area contributed by atoms with Crippen LogP contribution >= 0.6 is 15.9 Å². The normalized spacial score (nSPS) is 18.6. The van der Waals surface area contributed by atoms with Crippen molar-refractivity contribution in [2.45, 2.75) is 18.4 Å². The Hall–Kier alpha value is -0.780. The molecule has 4 nitrogen and oxygen atoms in total. The van der Waals surface area contributed by atoms with Crippen molar-refractivity contribution >= 4 is 27.3 Å². The highest BCUT2D eigenvalue weighted by molar-refractivity contribution is 9.10. The molecule has 5 heteroatoms. The third-order valence-electron chi connectivity index (χ3n) is 3.36. The van der Waals surface area contributed by atoms with Crippen LogP contribution in [0.5, 0.6) is 0 Å². The maximum atomic E-state index is 10.5. The molecule has 0 spiro atoms. The first-order chi connectivity index (χ1) is 8.50. The molecule has 2 rings (SSSR count). The van der Waals surface area contributed by atoms with Gasteiger partial charge in [0.25, 0.3) is 0 Å². The van der Waals surface area contributed by atoms with E-state index in [4.69, 9.17) is 10.5 Å². The van der Waals surface area contributed by atoms with E-state index in [1.54, 1.807) is 0 Å². The van der Waals surface area contributed by atoms with E-state index in [1.165, 1.54) is 0 Å². The van der Waals surface area contributed by atoms with Gasteiger partial charge >= 0.3 is 0 Å². The molecule has 100 valence electrons. The highest BCUT2D eigenvalue weighted by atomic mass is 79.9. The zero-order chi connectivity index (χ0) is 13.2. The molecule has 0 bridgehead atoms. The quantitative estimate of drug-likeness (QED) is 0.838. The maximum absolute atomic E-state index is 10.5. The standard InChI is InChI=1S/C13H19BrN2O2/c1-16(9-13(17)4-6-18-7-5-13)12-3-2-10(14)8-11(12)15/h2-3,8,17H,4-7,9,15H2,1H3. The highest BCUT2D eigenvalue weighted by Crippen LogP contribution is 2.29. The van der Waals surface area contributed by atoms with Crippen LogP contribution in [0.2, 0.25) is 0 Å². The number of hydrogen-bond donors (Lipinski definition) is 2. The van der Waals surface area contributed by atoms with E-state index in [-0.39, 0.29) is 0 Å². The molecule has 0 radical (unpaired) electrons. The van der Waals surface area contributed by atoms with E-state index in [0.717, 1.165) is 10.2 Å². The fourth-order valence-corrected chi connectivity index (χ4v) is 2.69. The van der Waals surface area contributed by atoms with Crippen LogP contribution in [0.3, 0.4) is 0 Å². The minimum atomic E-state index is -0.674. The third-order valence-corrected chi connectivity index (χ3v) is 3.85. The van der Waals surface area contributed by atoms with Gasteiger partial charge in [0.2, 0.25) is 0 Å². The average molecular weight is 315 g/mol. The van der Waals surface area contributed by atoms with Crippen LogP contribution in [0.4, 0.5) is 11.4 Å². The van der Waals surface area contributed by atoms with Crippen molar-refractivity contribution in [1.29, 1.82) is 0 Å². The Kier molecular flexibility index (Phi) is 4.14. The molecule has 0 aliphatic carbocycles. The monoisotopic (exact) mass is 314 g/mol. The van der Waals surface area contributed by atoms with Gasteiger partial charge < -0.3 is 20.5 Å². The highest BCUT2D eigenvalue weighted by Gasteiger charge is 2.31. The summed E-state index contributed by atoms with van der Waals surface area (Å²) in [7, 11) is 1.95. The molecule has 0 atom stereocenters. The van der Waals surface area contributed by atoms with Gasteiger partial charge in [-0.2, -0.15) is 0 Å². The van der Waals surface area contributed by atoms with Crippen LogP contribution in [0.15, 0.2) is 22.7 Å². The van der Waals surface area contributed by atoms with Crippen molar-refractivity contribution in [2.75, 3.05) is 37.4 Å². The molecule has 1 fully saturated rings. The summed E-state index contributed by atoms with van der Waals surface area (Å²) in [5, 5.41) is 10.5. The number of hydrogen-bond acceptors (Lipinski definition) is 4. The van der Waals surface area contributed by atoms with Crippen LogP contribution in [0.1, 0.15) is 12.8 Å². The van der Waals surface area contributed by atoms with Crippen molar-refractivity contribution in [3.63, 3.8) is 0 Å². The van der Waals surface area contributed by atoms with Gasteiger partial charge in [-0.15, -0.1) is 0 Å². The summed E-state index contributed by atoms with van der Waals surface area (Å²) in [6, 6.07) is 5.79. The third kappa shape index (κ3) is 3.16. The van der Waals surface area contributed by atoms with E-state index in [0.29, 0.717) is 38.3 Å². The van der Waals surface area contributed by atoms with Gasteiger partial charge in [0.15, 0.2) is 0 Å². The average Bonchev–Trinajstić information content (AvgIpc) is 2.28. The lowest BCUT2D eigenvalue weighted by Gasteiger charge is -2.36. The maximum Gasteiger partial charge on any atom is 0.0865 e. The van der Waals surface area contributed by atoms with Gasteiger partial charge in [-0.25, -0.2) is 0 Å². The summed E-state index contributed by atoms with van der Waals surface area (Å²) in [4.78, 5) is 2.01. The van der Waals surface area contributed by atoms with E-state index in [1.807, 2.05) is 30.1 Å². The summed E-state index contributed by atoms with van der Waals surface area (Å²) in [6.07, 6.45) is 1.35. The first-order valence-corrected chi connectivity index (χ1v) is 6.86. The van der Waals surface area contributed by atoms with Crippen LogP contribution < -0.4 is 10.6 Å². The van der Waals surface area contributed by atoms with Crippen LogP contribution in [-0.4, -0.2) is 37.5 Å². The summed E-state index contributed by atoms with van der Waals surface area (Å²) < 4.78 is 6.24. The first-order valence-electron chi connectivity index (χ1n) is 6.06. The molecule has 1 aromatic carbocycles. The number of rotatable bonds is 3. The fourth-order valence-electron chi connectivity index (χ4n) is 2.31. The first kappa shape index (κ1) is 13.6. The van der Waals surface area contributed by atoms with Crippen molar-refractivity contribution in [3.8, 4) is 0 Å². The van der Waals surface area contributed by atoms with Crippen LogP contribution in [0.25, 0.3) is 0 Å². The second-order valence-electron chi connectivity index (χ2n) is 4.90.